The topological polar surface area (TPSA) is 44.5 Å². The molecule has 0 unspecified atom stereocenters. The summed E-state index contributed by atoms with van der Waals surface area (Å²) in [5.74, 6) is 1.09. The number of rotatable bonds is 0. The molecule has 104 valence electrons. The van der Waals surface area contributed by atoms with Crippen LogP contribution >= 0.6 is 0 Å². The van der Waals surface area contributed by atoms with Gasteiger partial charge < -0.3 is 15.2 Å². The van der Waals surface area contributed by atoms with Crippen molar-refractivity contribution in [1.29, 1.82) is 0 Å². The van der Waals surface area contributed by atoms with Gasteiger partial charge in [0, 0.05) is 18.5 Å². The van der Waals surface area contributed by atoms with Gasteiger partial charge >= 0.3 is 0 Å². The highest BCUT2D eigenvalue weighted by molar-refractivity contribution is 5.65. The Balaban J connectivity index is 2.05. The first kappa shape index (κ1) is 12.8. The van der Waals surface area contributed by atoms with Crippen molar-refractivity contribution >= 4 is 5.69 Å². The Morgan fingerprint density at radius 1 is 0.947 bits per heavy atom. The molecule has 1 saturated heterocycles. The number of anilines is 1. The zero-order valence-electron chi connectivity index (χ0n) is 12.1. The summed E-state index contributed by atoms with van der Waals surface area (Å²) in [6.07, 6.45) is 4.18. The minimum Gasteiger partial charge on any atom is -0.487 e. The summed E-state index contributed by atoms with van der Waals surface area (Å²) < 4.78 is 12.0. The smallest absolute Gasteiger partial charge is 0.126 e. The summed E-state index contributed by atoms with van der Waals surface area (Å²) in [7, 11) is 0. The van der Waals surface area contributed by atoms with Gasteiger partial charge in [-0.2, -0.15) is 0 Å². The average Bonchev–Trinajstić information content (AvgIpc) is 2.44. The maximum absolute atomic E-state index is 6.47. The third-order valence-corrected chi connectivity index (χ3v) is 4.99. The van der Waals surface area contributed by atoms with Gasteiger partial charge in [0.15, 0.2) is 0 Å². The van der Waals surface area contributed by atoms with Gasteiger partial charge in [0.25, 0.3) is 0 Å². The molecule has 2 N–H and O–H groups in total. The molecule has 3 heteroatoms. The molecule has 19 heavy (non-hydrogen) atoms. The van der Waals surface area contributed by atoms with Crippen LogP contribution < -0.4 is 10.5 Å². The van der Waals surface area contributed by atoms with Crippen molar-refractivity contribution in [2.75, 3.05) is 18.9 Å². The summed E-state index contributed by atoms with van der Waals surface area (Å²) >= 11 is 0. The van der Waals surface area contributed by atoms with E-state index in [1.54, 1.807) is 0 Å². The van der Waals surface area contributed by atoms with Crippen LogP contribution in [0.3, 0.4) is 0 Å². The molecule has 3 rings (SSSR count). The molecule has 3 nitrogen and oxygen atoms in total. The van der Waals surface area contributed by atoms with Crippen LogP contribution in [0.15, 0.2) is 0 Å². The molecular weight excluding hydrogens is 238 g/mol. The van der Waals surface area contributed by atoms with Crippen molar-refractivity contribution in [3.63, 3.8) is 0 Å². The largest absolute Gasteiger partial charge is 0.487 e. The molecule has 2 aliphatic heterocycles. The summed E-state index contributed by atoms with van der Waals surface area (Å²) in [4.78, 5) is 0. The number of nitrogen functional groups attached to an aromatic ring is 1. The van der Waals surface area contributed by atoms with Crippen molar-refractivity contribution in [3.8, 4) is 5.75 Å². The van der Waals surface area contributed by atoms with Gasteiger partial charge in [0.05, 0.1) is 13.2 Å². The van der Waals surface area contributed by atoms with E-state index in [1.165, 1.54) is 22.3 Å². The normalized spacial score (nSPS) is 21.0. The molecule has 1 aromatic rings. The fourth-order valence-electron chi connectivity index (χ4n) is 3.37. The Kier molecular flexibility index (Phi) is 2.97. The zero-order chi connectivity index (χ0) is 13.6. The van der Waals surface area contributed by atoms with Crippen LogP contribution in [-0.2, 0) is 11.2 Å². The third-order valence-electron chi connectivity index (χ3n) is 4.99. The van der Waals surface area contributed by atoms with Gasteiger partial charge in [-0.25, -0.2) is 0 Å². The Morgan fingerprint density at radius 3 is 2.32 bits per heavy atom. The highest BCUT2D eigenvalue weighted by Crippen LogP contribution is 2.44. The van der Waals surface area contributed by atoms with Crippen molar-refractivity contribution < 1.29 is 9.47 Å². The lowest BCUT2D eigenvalue weighted by atomic mass is 9.82. The van der Waals surface area contributed by atoms with Crippen molar-refractivity contribution in [3.05, 3.63) is 22.3 Å². The number of ether oxygens (including phenoxy) is 2. The van der Waals surface area contributed by atoms with Crippen LogP contribution in [0.1, 0.15) is 41.5 Å². The van der Waals surface area contributed by atoms with E-state index in [0.717, 1.165) is 50.3 Å². The first-order valence-electron chi connectivity index (χ1n) is 7.19. The second kappa shape index (κ2) is 4.41. The third kappa shape index (κ3) is 1.91. The maximum Gasteiger partial charge on any atom is 0.126 e. The Labute approximate surface area is 115 Å². The van der Waals surface area contributed by atoms with Gasteiger partial charge in [-0.05, 0) is 55.9 Å². The zero-order valence-corrected chi connectivity index (χ0v) is 12.1. The maximum atomic E-state index is 6.47. The van der Waals surface area contributed by atoms with Crippen LogP contribution in [-0.4, -0.2) is 18.8 Å². The van der Waals surface area contributed by atoms with E-state index >= 15 is 0 Å². The van der Waals surface area contributed by atoms with E-state index in [0.29, 0.717) is 0 Å². The second-order valence-electron chi connectivity index (χ2n) is 5.99. The lowest BCUT2D eigenvalue weighted by Crippen LogP contribution is -2.44. The second-order valence-corrected chi connectivity index (χ2v) is 5.99. The van der Waals surface area contributed by atoms with Crippen molar-refractivity contribution in [2.24, 2.45) is 0 Å². The number of hydrogen-bond donors (Lipinski definition) is 1. The van der Waals surface area contributed by atoms with Gasteiger partial charge in [-0.3, -0.25) is 0 Å². The number of fused-ring (bicyclic) bond motifs is 1. The Bertz CT molecular complexity index is 516. The predicted octanol–water partition coefficient (Wildman–Crippen LogP) is 3.07. The molecule has 0 saturated carbocycles. The minimum atomic E-state index is 0.00497. The molecule has 0 bridgehead atoms. The molecule has 0 amide bonds. The molecule has 2 heterocycles. The molecule has 1 fully saturated rings. The number of nitrogens with two attached hydrogens (primary N) is 1. The van der Waals surface area contributed by atoms with Crippen LogP contribution in [0.25, 0.3) is 0 Å². The van der Waals surface area contributed by atoms with Crippen LogP contribution in [0.2, 0.25) is 0 Å². The Morgan fingerprint density at radius 2 is 1.63 bits per heavy atom. The molecular formula is C16H23NO2. The van der Waals surface area contributed by atoms with E-state index < -0.39 is 0 Å². The summed E-state index contributed by atoms with van der Waals surface area (Å²) in [6.45, 7) is 7.98. The fraction of sp³-hybridized carbons (Fsp3) is 0.625. The molecule has 0 atom stereocenters. The standard InChI is InChI=1S/C16H23NO2/c1-10-11(2)15-13(12(3)14(10)17)4-5-16(19-15)6-8-18-9-7-16/h4-9,17H2,1-3H3. The van der Waals surface area contributed by atoms with Crippen molar-refractivity contribution in [1.82, 2.24) is 0 Å². The van der Waals surface area contributed by atoms with Crippen LogP contribution in [0.5, 0.6) is 5.75 Å². The number of hydrogen-bond acceptors (Lipinski definition) is 3. The predicted molar refractivity (Wildman–Crippen MR) is 76.8 cm³/mol. The quantitative estimate of drug-likeness (QED) is 0.730. The van der Waals surface area contributed by atoms with Gasteiger partial charge in [-0.15, -0.1) is 0 Å². The number of benzene rings is 1. The molecule has 0 aromatic heterocycles. The minimum absolute atomic E-state index is 0.00497. The van der Waals surface area contributed by atoms with E-state index in [9.17, 15) is 0 Å². The van der Waals surface area contributed by atoms with E-state index in [4.69, 9.17) is 15.2 Å². The summed E-state index contributed by atoms with van der Waals surface area (Å²) in [6, 6.07) is 0. The van der Waals surface area contributed by atoms with Crippen LogP contribution in [0, 0.1) is 20.8 Å². The Hall–Kier alpha value is -1.22. The molecule has 0 aliphatic carbocycles. The fourth-order valence-corrected chi connectivity index (χ4v) is 3.37. The lowest BCUT2D eigenvalue weighted by Gasteiger charge is -2.42. The van der Waals surface area contributed by atoms with Crippen LogP contribution in [0.4, 0.5) is 5.69 Å². The van der Waals surface area contributed by atoms with Crippen molar-refractivity contribution in [2.45, 2.75) is 52.1 Å². The highest BCUT2D eigenvalue weighted by atomic mass is 16.5. The first-order valence-corrected chi connectivity index (χ1v) is 7.19. The van der Waals surface area contributed by atoms with Gasteiger partial charge in [0.2, 0.25) is 0 Å². The van der Waals surface area contributed by atoms with Gasteiger partial charge in [-0.1, -0.05) is 0 Å². The monoisotopic (exact) mass is 261 g/mol. The SMILES string of the molecule is Cc1c(C)c2c(c(C)c1N)CCC1(CCOCC1)O2. The summed E-state index contributed by atoms with van der Waals surface area (Å²) in [5.41, 5.74) is 12.0. The van der Waals surface area contributed by atoms with E-state index in [-0.39, 0.29) is 5.60 Å². The molecule has 0 radical (unpaired) electrons. The molecule has 1 spiro atoms. The van der Waals surface area contributed by atoms with E-state index in [2.05, 4.69) is 20.8 Å². The van der Waals surface area contributed by atoms with Gasteiger partial charge in [0.1, 0.15) is 11.4 Å². The first-order chi connectivity index (χ1) is 9.04. The lowest BCUT2D eigenvalue weighted by molar-refractivity contribution is -0.0574. The highest BCUT2D eigenvalue weighted by Gasteiger charge is 2.39. The van der Waals surface area contributed by atoms with E-state index in [1.807, 2.05) is 0 Å². The summed E-state index contributed by atoms with van der Waals surface area (Å²) in [5, 5.41) is 0. The molecule has 1 aromatic carbocycles. The average molecular weight is 261 g/mol. The molecule has 2 aliphatic rings.